The highest BCUT2D eigenvalue weighted by Crippen LogP contribution is 2.21. The van der Waals surface area contributed by atoms with Crippen molar-refractivity contribution in [2.45, 2.75) is 45.6 Å². The number of amides is 3. The number of piperidine rings is 1. The molecule has 1 atom stereocenters. The van der Waals surface area contributed by atoms with Crippen LogP contribution in [-0.4, -0.2) is 67.0 Å². The maximum Gasteiger partial charge on any atom is 0.321 e. The van der Waals surface area contributed by atoms with Crippen molar-refractivity contribution < 1.29 is 9.59 Å². The standard InChI is InChI=1S/C16H30N4O2/c1-3-17-16(22)18-15(21)13(2)20-10-6-14(7-11-20)12-19-8-4-5-9-19/h13-14H,3-12H2,1-2H3,(H2,17,18,21,22)/t13-/m1/s1. The second-order valence-corrected chi connectivity index (χ2v) is 6.51. The van der Waals surface area contributed by atoms with Crippen molar-refractivity contribution in [1.29, 1.82) is 0 Å². The summed E-state index contributed by atoms with van der Waals surface area (Å²) >= 11 is 0. The number of nitrogens with zero attached hydrogens (tertiary/aromatic N) is 2. The van der Waals surface area contributed by atoms with Crippen LogP contribution < -0.4 is 10.6 Å². The first-order chi connectivity index (χ1) is 10.6. The first-order valence-electron chi connectivity index (χ1n) is 8.65. The Morgan fingerprint density at radius 3 is 2.36 bits per heavy atom. The topological polar surface area (TPSA) is 64.7 Å². The summed E-state index contributed by atoms with van der Waals surface area (Å²) in [7, 11) is 0. The van der Waals surface area contributed by atoms with E-state index in [2.05, 4.69) is 20.4 Å². The average Bonchev–Trinajstić information content (AvgIpc) is 3.00. The molecule has 2 rings (SSSR count). The Hall–Kier alpha value is -1.14. The van der Waals surface area contributed by atoms with Gasteiger partial charge in [0.05, 0.1) is 6.04 Å². The molecule has 0 aromatic rings. The van der Waals surface area contributed by atoms with E-state index in [-0.39, 0.29) is 11.9 Å². The third kappa shape index (κ3) is 4.95. The molecule has 2 N–H and O–H groups in total. The summed E-state index contributed by atoms with van der Waals surface area (Å²) in [4.78, 5) is 28.2. The largest absolute Gasteiger partial charge is 0.338 e. The molecule has 22 heavy (non-hydrogen) atoms. The normalized spacial score (nSPS) is 22.5. The number of urea groups is 1. The van der Waals surface area contributed by atoms with Gasteiger partial charge in [-0.3, -0.25) is 15.0 Å². The molecule has 0 unspecified atom stereocenters. The first kappa shape index (κ1) is 17.2. The lowest BCUT2D eigenvalue weighted by molar-refractivity contribution is -0.125. The maximum absolute atomic E-state index is 12.1. The molecular formula is C16H30N4O2. The minimum Gasteiger partial charge on any atom is -0.338 e. The highest BCUT2D eigenvalue weighted by Gasteiger charge is 2.28. The summed E-state index contributed by atoms with van der Waals surface area (Å²) in [5, 5.41) is 5.00. The van der Waals surface area contributed by atoms with Gasteiger partial charge in [-0.15, -0.1) is 0 Å². The van der Waals surface area contributed by atoms with Crippen LogP contribution in [0.2, 0.25) is 0 Å². The Balaban J connectivity index is 1.70. The van der Waals surface area contributed by atoms with Gasteiger partial charge in [-0.25, -0.2) is 4.79 Å². The van der Waals surface area contributed by atoms with Crippen molar-refractivity contribution in [2.24, 2.45) is 5.92 Å². The summed E-state index contributed by atoms with van der Waals surface area (Å²) in [6.45, 7) is 9.86. The zero-order valence-corrected chi connectivity index (χ0v) is 13.9. The maximum atomic E-state index is 12.1. The van der Waals surface area contributed by atoms with Crippen molar-refractivity contribution in [3.63, 3.8) is 0 Å². The van der Waals surface area contributed by atoms with Crippen LogP contribution in [0.1, 0.15) is 39.5 Å². The molecule has 2 fully saturated rings. The lowest BCUT2D eigenvalue weighted by Gasteiger charge is -2.36. The number of hydrogen-bond donors (Lipinski definition) is 2. The molecule has 0 aromatic heterocycles. The van der Waals surface area contributed by atoms with E-state index in [9.17, 15) is 9.59 Å². The van der Waals surface area contributed by atoms with E-state index >= 15 is 0 Å². The predicted molar refractivity (Wildman–Crippen MR) is 86.6 cm³/mol. The average molecular weight is 310 g/mol. The van der Waals surface area contributed by atoms with E-state index in [0.717, 1.165) is 31.8 Å². The summed E-state index contributed by atoms with van der Waals surface area (Å²) in [6, 6.07) is -0.640. The van der Waals surface area contributed by atoms with Gasteiger partial charge in [0, 0.05) is 13.1 Å². The Morgan fingerprint density at radius 2 is 1.77 bits per heavy atom. The van der Waals surface area contributed by atoms with Crippen LogP contribution in [0, 0.1) is 5.92 Å². The van der Waals surface area contributed by atoms with Crippen molar-refractivity contribution in [1.82, 2.24) is 20.4 Å². The van der Waals surface area contributed by atoms with Crippen molar-refractivity contribution in [2.75, 3.05) is 39.3 Å². The zero-order chi connectivity index (χ0) is 15.9. The van der Waals surface area contributed by atoms with Gasteiger partial charge in [0.25, 0.3) is 0 Å². The summed E-state index contributed by atoms with van der Waals surface area (Å²) < 4.78 is 0. The zero-order valence-electron chi connectivity index (χ0n) is 13.9. The molecule has 2 heterocycles. The Labute approximate surface area is 133 Å². The molecule has 0 aliphatic carbocycles. The lowest BCUT2D eigenvalue weighted by Crippen LogP contribution is -2.52. The van der Waals surface area contributed by atoms with Crippen LogP contribution in [0.3, 0.4) is 0 Å². The number of imide groups is 1. The van der Waals surface area contributed by atoms with E-state index in [1.54, 1.807) is 0 Å². The number of likely N-dealkylation sites (tertiary alicyclic amines) is 2. The SMILES string of the molecule is CCNC(=O)NC(=O)[C@@H](C)N1CCC(CN2CCCC2)CC1. The first-order valence-corrected chi connectivity index (χ1v) is 8.65. The number of hydrogen-bond acceptors (Lipinski definition) is 4. The molecule has 3 amide bonds. The van der Waals surface area contributed by atoms with Crippen LogP contribution in [0.25, 0.3) is 0 Å². The number of rotatable bonds is 5. The Kier molecular flexibility index (Phi) is 6.64. The molecule has 0 saturated carbocycles. The van der Waals surface area contributed by atoms with E-state index in [1.807, 2.05) is 13.8 Å². The van der Waals surface area contributed by atoms with E-state index in [4.69, 9.17) is 0 Å². The highest BCUT2D eigenvalue weighted by molar-refractivity contribution is 5.96. The van der Waals surface area contributed by atoms with E-state index in [1.165, 1.54) is 32.5 Å². The molecule has 2 aliphatic heterocycles. The molecule has 0 radical (unpaired) electrons. The van der Waals surface area contributed by atoms with Crippen LogP contribution in [-0.2, 0) is 4.79 Å². The second-order valence-electron chi connectivity index (χ2n) is 6.51. The third-order valence-corrected chi connectivity index (χ3v) is 4.87. The van der Waals surface area contributed by atoms with Crippen LogP contribution in [0.5, 0.6) is 0 Å². The number of nitrogens with one attached hydrogen (secondary N) is 2. The Bertz CT molecular complexity index is 374. The molecule has 6 heteroatoms. The van der Waals surface area contributed by atoms with Gasteiger partial charge in [-0.1, -0.05) is 0 Å². The molecule has 2 aliphatic rings. The molecular weight excluding hydrogens is 280 g/mol. The minimum absolute atomic E-state index is 0.205. The van der Waals surface area contributed by atoms with Crippen LogP contribution >= 0.6 is 0 Å². The monoisotopic (exact) mass is 310 g/mol. The van der Waals surface area contributed by atoms with Gasteiger partial charge >= 0.3 is 6.03 Å². The van der Waals surface area contributed by atoms with Crippen molar-refractivity contribution in [3.05, 3.63) is 0 Å². The van der Waals surface area contributed by atoms with Gasteiger partial charge in [-0.2, -0.15) is 0 Å². The summed E-state index contributed by atoms with van der Waals surface area (Å²) in [5.74, 6) is 0.553. The van der Waals surface area contributed by atoms with Crippen LogP contribution in [0.4, 0.5) is 4.79 Å². The molecule has 2 saturated heterocycles. The highest BCUT2D eigenvalue weighted by atomic mass is 16.2. The van der Waals surface area contributed by atoms with E-state index in [0.29, 0.717) is 6.54 Å². The van der Waals surface area contributed by atoms with Gasteiger partial charge < -0.3 is 10.2 Å². The van der Waals surface area contributed by atoms with Crippen molar-refractivity contribution >= 4 is 11.9 Å². The fourth-order valence-electron chi connectivity index (χ4n) is 3.44. The van der Waals surface area contributed by atoms with Gasteiger partial charge in [0.15, 0.2) is 0 Å². The fraction of sp³-hybridized carbons (Fsp3) is 0.875. The third-order valence-electron chi connectivity index (χ3n) is 4.87. The molecule has 0 bridgehead atoms. The smallest absolute Gasteiger partial charge is 0.321 e. The Morgan fingerprint density at radius 1 is 1.14 bits per heavy atom. The second kappa shape index (κ2) is 8.48. The van der Waals surface area contributed by atoms with Crippen LogP contribution in [0.15, 0.2) is 0 Å². The van der Waals surface area contributed by atoms with Crippen molar-refractivity contribution in [3.8, 4) is 0 Å². The van der Waals surface area contributed by atoms with Gasteiger partial charge in [0.1, 0.15) is 0 Å². The molecule has 6 nitrogen and oxygen atoms in total. The summed E-state index contributed by atoms with van der Waals surface area (Å²) in [6.07, 6.45) is 4.98. The molecule has 126 valence electrons. The quantitative estimate of drug-likeness (QED) is 0.796. The molecule has 0 aromatic carbocycles. The minimum atomic E-state index is -0.400. The van der Waals surface area contributed by atoms with Gasteiger partial charge in [-0.05, 0) is 71.6 Å². The molecule has 0 spiro atoms. The lowest BCUT2D eigenvalue weighted by atomic mass is 9.95. The fourth-order valence-corrected chi connectivity index (χ4v) is 3.44. The number of carbonyl (C=O) groups excluding carboxylic acids is 2. The summed E-state index contributed by atoms with van der Waals surface area (Å²) in [5.41, 5.74) is 0. The van der Waals surface area contributed by atoms with Gasteiger partial charge in [0.2, 0.25) is 5.91 Å². The predicted octanol–water partition coefficient (Wildman–Crippen LogP) is 1.03. The number of carbonyl (C=O) groups is 2. The van der Waals surface area contributed by atoms with E-state index < -0.39 is 6.03 Å².